The topological polar surface area (TPSA) is 40.6 Å². The summed E-state index contributed by atoms with van der Waals surface area (Å²) in [7, 11) is 2.05. The Morgan fingerprint density at radius 2 is 2.17 bits per heavy atom. The molecule has 0 N–H and O–H groups in total. The maximum absolute atomic E-state index is 11.0. The fourth-order valence-corrected chi connectivity index (χ4v) is 2.15. The lowest BCUT2D eigenvalue weighted by Gasteiger charge is -2.40. The molecule has 0 aromatic carbocycles. The third-order valence-electron chi connectivity index (χ3n) is 2.91. The zero-order valence-electron chi connectivity index (χ0n) is 7.06. The minimum Gasteiger partial charge on any atom is -0.334 e. The van der Waals surface area contributed by atoms with Gasteiger partial charge in [0.15, 0.2) is 0 Å². The fraction of sp³-hybridized carbons (Fsp3) is 0.750. The van der Waals surface area contributed by atoms with Gasteiger partial charge in [-0.05, 0) is 7.05 Å². The fourth-order valence-electron chi connectivity index (χ4n) is 2.15. The largest absolute Gasteiger partial charge is 0.334 e. The van der Waals surface area contributed by atoms with Gasteiger partial charge >= 0.3 is 0 Å². The van der Waals surface area contributed by atoms with E-state index in [0.29, 0.717) is 18.2 Å². The monoisotopic (exact) mass is 168 g/mol. The Morgan fingerprint density at radius 3 is 2.67 bits per heavy atom. The summed E-state index contributed by atoms with van der Waals surface area (Å²) in [4.78, 5) is 25.1. The second kappa shape index (κ2) is 2.55. The molecular formula is C8H12N2O2. The van der Waals surface area contributed by atoms with Crippen molar-refractivity contribution >= 4 is 12.2 Å². The highest BCUT2D eigenvalue weighted by molar-refractivity contribution is 6.23. The van der Waals surface area contributed by atoms with E-state index in [0.717, 1.165) is 19.6 Å². The summed E-state index contributed by atoms with van der Waals surface area (Å²) in [6.07, 6.45) is 0.408. The van der Waals surface area contributed by atoms with Gasteiger partial charge in [-0.2, -0.15) is 0 Å². The lowest BCUT2D eigenvalue weighted by atomic mass is 9.93. The Kier molecular flexibility index (Phi) is 1.65. The Morgan fingerprint density at radius 1 is 1.42 bits per heavy atom. The molecule has 4 nitrogen and oxygen atoms in total. The van der Waals surface area contributed by atoms with E-state index in [1.807, 2.05) is 0 Å². The minimum atomic E-state index is -0.363. The van der Waals surface area contributed by atoms with Gasteiger partial charge < -0.3 is 9.80 Å². The molecule has 2 heterocycles. The Labute approximate surface area is 71.1 Å². The molecule has 0 bridgehead atoms. The summed E-state index contributed by atoms with van der Waals surface area (Å²) in [5, 5.41) is 0. The van der Waals surface area contributed by atoms with E-state index in [-0.39, 0.29) is 5.91 Å². The zero-order chi connectivity index (χ0) is 8.72. The number of fused-ring (bicyclic) bond motifs is 1. The van der Waals surface area contributed by atoms with Crippen LogP contribution in [0.1, 0.15) is 0 Å². The molecule has 0 saturated carbocycles. The van der Waals surface area contributed by atoms with Crippen LogP contribution in [0.25, 0.3) is 0 Å². The molecule has 0 aliphatic carbocycles. The number of carbonyl (C=O) groups is 2. The van der Waals surface area contributed by atoms with Gasteiger partial charge in [0, 0.05) is 31.6 Å². The van der Waals surface area contributed by atoms with E-state index in [4.69, 9.17) is 0 Å². The maximum atomic E-state index is 11.0. The van der Waals surface area contributed by atoms with Crippen molar-refractivity contribution in [2.45, 2.75) is 6.04 Å². The molecule has 0 spiro atoms. The van der Waals surface area contributed by atoms with E-state index < -0.39 is 0 Å². The SMILES string of the molecule is CN1C[C@H]2CN(C(=O)C=O)C[C@H]21. The van der Waals surface area contributed by atoms with Crippen molar-refractivity contribution < 1.29 is 9.59 Å². The summed E-state index contributed by atoms with van der Waals surface area (Å²) in [6, 6.07) is 0.508. The summed E-state index contributed by atoms with van der Waals surface area (Å²) >= 11 is 0. The number of rotatable bonds is 1. The number of nitrogens with zero attached hydrogens (tertiary/aromatic N) is 2. The predicted octanol–water partition coefficient (Wildman–Crippen LogP) is -1.04. The molecule has 0 aromatic rings. The summed E-state index contributed by atoms with van der Waals surface area (Å²) in [6.45, 7) is 2.57. The van der Waals surface area contributed by atoms with Crippen LogP contribution in [0.4, 0.5) is 0 Å². The summed E-state index contributed by atoms with van der Waals surface area (Å²) in [5.74, 6) is 0.247. The molecule has 2 saturated heterocycles. The third-order valence-corrected chi connectivity index (χ3v) is 2.91. The first kappa shape index (κ1) is 7.73. The average Bonchev–Trinajstić information content (AvgIpc) is 2.41. The molecule has 2 atom stereocenters. The van der Waals surface area contributed by atoms with Crippen LogP contribution in [0.2, 0.25) is 0 Å². The second-order valence-electron chi connectivity index (χ2n) is 3.63. The molecule has 2 aliphatic heterocycles. The number of hydrogen-bond acceptors (Lipinski definition) is 3. The smallest absolute Gasteiger partial charge is 0.286 e. The zero-order valence-corrected chi connectivity index (χ0v) is 7.06. The van der Waals surface area contributed by atoms with Crippen molar-refractivity contribution in [1.29, 1.82) is 0 Å². The lowest BCUT2D eigenvalue weighted by molar-refractivity contribution is -0.138. The van der Waals surface area contributed by atoms with Crippen LogP contribution in [-0.4, -0.2) is 54.7 Å². The average molecular weight is 168 g/mol. The summed E-state index contributed by atoms with van der Waals surface area (Å²) < 4.78 is 0. The van der Waals surface area contributed by atoms with E-state index in [9.17, 15) is 9.59 Å². The highest BCUT2D eigenvalue weighted by Gasteiger charge is 2.44. The van der Waals surface area contributed by atoms with Crippen molar-refractivity contribution in [3.05, 3.63) is 0 Å². The van der Waals surface area contributed by atoms with Crippen molar-refractivity contribution in [3.63, 3.8) is 0 Å². The first-order valence-corrected chi connectivity index (χ1v) is 4.16. The molecule has 2 aliphatic rings. The molecule has 2 fully saturated rings. The number of aldehydes is 1. The van der Waals surface area contributed by atoms with Crippen molar-refractivity contribution in [1.82, 2.24) is 9.80 Å². The van der Waals surface area contributed by atoms with E-state index in [2.05, 4.69) is 11.9 Å². The molecule has 1 amide bonds. The van der Waals surface area contributed by atoms with E-state index in [1.165, 1.54) is 0 Å². The van der Waals surface area contributed by atoms with Crippen molar-refractivity contribution in [3.8, 4) is 0 Å². The number of likely N-dealkylation sites (tertiary alicyclic amines) is 2. The van der Waals surface area contributed by atoms with Gasteiger partial charge in [-0.1, -0.05) is 0 Å². The van der Waals surface area contributed by atoms with Gasteiger partial charge in [0.2, 0.25) is 6.29 Å². The standard InChI is InChI=1S/C8H12N2O2/c1-9-2-6-3-10(4-7(6)9)8(12)5-11/h5-7H,2-4H2,1H3/t6-,7+/m0/s1. The quantitative estimate of drug-likeness (QED) is 0.371. The normalized spacial score (nSPS) is 34.2. The second-order valence-corrected chi connectivity index (χ2v) is 3.63. The van der Waals surface area contributed by atoms with Crippen molar-refractivity contribution in [2.75, 3.05) is 26.7 Å². The minimum absolute atomic E-state index is 0.363. The van der Waals surface area contributed by atoms with Crippen LogP contribution in [0.5, 0.6) is 0 Å². The van der Waals surface area contributed by atoms with Crippen LogP contribution in [0.15, 0.2) is 0 Å². The first-order valence-electron chi connectivity index (χ1n) is 4.16. The Hall–Kier alpha value is -0.900. The van der Waals surface area contributed by atoms with E-state index in [1.54, 1.807) is 4.90 Å². The number of carbonyl (C=O) groups excluding carboxylic acids is 2. The van der Waals surface area contributed by atoms with Crippen LogP contribution in [0.3, 0.4) is 0 Å². The van der Waals surface area contributed by atoms with Crippen molar-refractivity contribution in [2.24, 2.45) is 5.92 Å². The molecule has 4 heteroatoms. The maximum Gasteiger partial charge on any atom is 0.286 e. The molecule has 66 valence electrons. The van der Waals surface area contributed by atoms with Gasteiger partial charge in [0.1, 0.15) is 0 Å². The van der Waals surface area contributed by atoms with Gasteiger partial charge in [-0.15, -0.1) is 0 Å². The predicted molar refractivity (Wildman–Crippen MR) is 42.6 cm³/mol. The highest BCUT2D eigenvalue weighted by Crippen LogP contribution is 2.30. The summed E-state index contributed by atoms with van der Waals surface area (Å²) in [5.41, 5.74) is 0. The molecule has 0 unspecified atom stereocenters. The molecule has 0 aromatic heterocycles. The molecule has 2 rings (SSSR count). The number of hydrogen-bond donors (Lipinski definition) is 0. The van der Waals surface area contributed by atoms with Crippen LogP contribution >= 0.6 is 0 Å². The van der Waals surface area contributed by atoms with Crippen LogP contribution in [0, 0.1) is 5.92 Å². The number of likely N-dealkylation sites (N-methyl/N-ethyl adjacent to an activating group) is 1. The highest BCUT2D eigenvalue weighted by atomic mass is 16.2. The molecule has 0 radical (unpaired) electrons. The first-order chi connectivity index (χ1) is 5.72. The third kappa shape index (κ3) is 0.948. The lowest BCUT2D eigenvalue weighted by Crippen LogP contribution is -2.52. The van der Waals surface area contributed by atoms with Gasteiger partial charge in [0.25, 0.3) is 5.91 Å². The van der Waals surface area contributed by atoms with E-state index >= 15 is 0 Å². The molecule has 12 heavy (non-hydrogen) atoms. The van der Waals surface area contributed by atoms with Crippen LogP contribution in [-0.2, 0) is 9.59 Å². The Bertz CT molecular complexity index is 229. The number of amides is 1. The molecular weight excluding hydrogens is 156 g/mol. The Balaban J connectivity index is 1.98. The van der Waals surface area contributed by atoms with Crippen LogP contribution < -0.4 is 0 Å². The van der Waals surface area contributed by atoms with Gasteiger partial charge in [-0.3, -0.25) is 9.59 Å². The van der Waals surface area contributed by atoms with Gasteiger partial charge in [0.05, 0.1) is 0 Å². The van der Waals surface area contributed by atoms with Gasteiger partial charge in [-0.25, -0.2) is 0 Å².